The monoisotopic (exact) mass is 237 g/mol. The molecule has 0 aromatic heterocycles. The number of aliphatic hydroxyl groups excluding tert-OH is 1. The van der Waals surface area contributed by atoms with Crippen molar-refractivity contribution < 1.29 is 9.84 Å². The molecule has 1 aromatic rings. The van der Waals surface area contributed by atoms with Crippen molar-refractivity contribution in [3.8, 4) is 5.75 Å². The molecule has 3 nitrogen and oxygen atoms in total. The van der Waals surface area contributed by atoms with Gasteiger partial charge in [-0.05, 0) is 29.5 Å². The number of benzene rings is 1. The average Bonchev–Trinajstić information content (AvgIpc) is 2.27. The van der Waals surface area contributed by atoms with Gasteiger partial charge in [-0.15, -0.1) is 0 Å². The third-order valence-electron chi connectivity index (χ3n) is 2.92. The molecule has 0 fully saturated rings. The van der Waals surface area contributed by atoms with Crippen LogP contribution in [0, 0.1) is 5.41 Å². The van der Waals surface area contributed by atoms with Crippen LogP contribution in [0.1, 0.15) is 26.3 Å². The molecule has 96 valence electrons. The Bertz CT molecular complexity index is 340. The molecule has 0 bridgehead atoms. The molecule has 0 aliphatic carbocycles. The van der Waals surface area contributed by atoms with Crippen LogP contribution in [-0.4, -0.2) is 24.4 Å². The summed E-state index contributed by atoms with van der Waals surface area (Å²) in [6.07, 6.45) is 0.159. The molecule has 1 aromatic carbocycles. The van der Waals surface area contributed by atoms with E-state index in [1.54, 1.807) is 7.11 Å². The number of aliphatic hydroxyl groups is 1. The van der Waals surface area contributed by atoms with Gasteiger partial charge in [-0.25, -0.2) is 0 Å². The first-order chi connectivity index (χ1) is 7.84. The maximum atomic E-state index is 10.1. The topological polar surface area (TPSA) is 55.5 Å². The van der Waals surface area contributed by atoms with E-state index in [4.69, 9.17) is 10.5 Å². The zero-order valence-electron chi connectivity index (χ0n) is 11.1. The normalized spacial score (nSPS) is 15.4. The Balaban J connectivity index is 2.64. The minimum Gasteiger partial charge on any atom is -0.497 e. The van der Waals surface area contributed by atoms with Crippen LogP contribution in [0.4, 0.5) is 0 Å². The summed E-state index contributed by atoms with van der Waals surface area (Å²) in [7, 11) is 1.64. The van der Waals surface area contributed by atoms with E-state index in [2.05, 4.69) is 0 Å². The Labute approximate surface area is 104 Å². The Morgan fingerprint density at radius 1 is 1.24 bits per heavy atom. The minimum absolute atomic E-state index is 0.189. The lowest BCUT2D eigenvalue weighted by Crippen LogP contribution is -2.44. The van der Waals surface area contributed by atoms with Gasteiger partial charge in [0.05, 0.1) is 13.2 Å². The summed E-state index contributed by atoms with van der Waals surface area (Å²) in [6.45, 7) is 5.97. The summed E-state index contributed by atoms with van der Waals surface area (Å²) < 4.78 is 5.10. The van der Waals surface area contributed by atoms with Gasteiger partial charge in [-0.2, -0.15) is 0 Å². The first-order valence-electron chi connectivity index (χ1n) is 5.91. The largest absolute Gasteiger partial charge is 0.497 e. The minimum atomic E-state index is -0.510. The van der Waals surface area contributed by atoms with E-state index in [0.29, 0.717) is 6.42 Å². The van der Waals surface area contributed by atoms with E-state index in [-0.39, 0.29) is 11.5 Å². The molecular weight excluding hydrogens is 214 g/mol. The molecule has 0 radical (unpaired) electrons. The lowest BCUT2D eigenvalue weighted by atomic mass is 9.83. The fraction of sp³-hybridized carbons (Fsp3) is 0.571. The third kappa shape index (κ3) is 4.02. The van der Waals surface area contributed by atoms with Gasteiger partial charge < -0.3 is 15.6 Å². The van der Waals surface area contributed by atoms with Gasteiger partial charge in [0.25, 0.3) is 0 Å². The molecule has 0 spiro atoms. The molecule has 2 unspecified atom stereocenters. The van der Waals surface area contributed by atoms with Crippen molar-refractivity contribution in [2.75, 3.05) is 7.11 Å². The van der Waals surface area contributed by atoms with Crippen molar-refractivity contribution in [1.82, 2.24) is 0 Å². The molecule has 0 aliphatic rings. The quantitative estimate of drug-likeness (QED) is 0.842. The number of hydrogen-bond donors (Lipinski definition) is 2. The third-order valence-corrected chi connectivity index (χ3v) is 2.92. The second-order valence-corrected chi connectivity index (χ2v) is 5.53. The maximum Gasteiger partial charge on any atom is 0.118 e. The number of rotatable bonds is 4. The van der Waals surface area contributed by atoms with Crippen LogP contribution in [0.5, 0.6) is 5.75 Å². The van der Waals surface area contributed by atoms with E-state index >= 15 is 0 Å². The van der Waals surface area contributed by atoms with Crippen molar-refractivity contribution in [3.05, 3.63) is 29.8 Å². The second-order valence-electron chi connectivity index (χ2n) is 5.53. The maximum absolute atomic E-state index is 10.1. The predicted octanol–water partition coefficient (Wildman–Crippen LogP) is 1.97. The van der Waals surface area contributed by atoms with Gasteiger partial charge in [-0.3, -0.25) is 0 Å². The van der Waals surface area contributed by atoms with Gasteiger partial charge in [0, 0.05) is 6.04 Å². The number of nitrogens with two attached hydrogens (primary N) is 1. The summed E-state index contributed by atoms with van der Waals surface area (Å²) >= 11 is 0. The van der Waals surface area contributed by atoms with Gasteiger partial charge in [0.15, 0.2) is 0 Å². The van der Waals surface area contributed by atoms with Crippen LogP contribution in [0.3, 0.4) is 0 Å². The van der Waals surface area contributed by atoms with Crippen LogP contribution in [0.25, 0.3) is 0 Å². The molecule has 0 saturated carbocycles. The smallest absolute Gasteiger partial charge is 0.118 e. The summed E-state index contributed by atoms with van der Waals surface area (Å²) in [6, 6.07) is 7.53. The molecule has 17 heavy (non-hydrogen) atoms. The lowest BCUT2D eigenvalue weighted by molar-refractivity contribution is 0.0406. The molecule has 0 amide bonds. The van der Waals surface area contributed by atoms with Crippen molar-refractivity contribution in [2.45, 2.75) is 39.3 Å². The van der Waals surface area contributed by atoms with Crippen LogP contribution >= 0.6 is 0 Å². The molecule has 3 N–H and O–H groups in total. The number of methoxy groups -OCH3 is 1. The molecule has 2 atom stereocenters. The van der Waals surface area contributed by atoms with Crippen LogP contribution in [0.2, 0.25) is 0 Å². The highest BCUT2D eigenvalue weighted by Crippen LogP contribution is 2.23. The van der Waals surface area contributed by atoms with Gasteiger partial charge in [-0.1, -0.05) is 32.9 Å². The summed E-state index contributed by atoms with van der Waals surface area (Å²) in [5.41, 5.74) is 6.95. The van der Waals surface area contributed by atoms with E-state index in [0.717, 1.165) is 11.3 Å². The average molecular weight is 237 g/mol. The fourth-order valence-corrected chi connectivity index (χ4v) is 1.79. The lowest BCUT2D eigenvalue weighted by Gasteiger charge is -2.30. The Hall–Kier alpha value is -1.06. The highest BCUT2D eigenvalue weighted by molar-refractivity contribution is 5.27. The highest BCUT2D eigenvalue weighted by atomic mass is 16.5. The molecule has 0 heterocycles. The van der Waals surface area contributed by atoms with Gasteiger partial charge in [0.2, 0.25) is 0 Å². The number of ether oxygens (including phenoxy) is 1. The van der Waals surface area contributed by atoms with E-state index in [9.17, 15) is 5.11 Å². The van der Waals surface area contributed by atoms with E-state index < -0.39 is 6.10 Å². The van der Waals surface area contributed by atoms with Crippen LogP contribution < -0.4 is 10.5 Å². The molecular formula is C14H23NO2. The first-order valence-corrected chi connectivity index (χ1v) is 5.91. The van der Waals surface area contributed by atoms with Crippen LogP contribution in [0.15, 0.2) is 24.3 Å². The molecule has 0 aliphatic heterocycles. The van der Waals surface area contributed by atoms with Crippen molar-refractivity contribution >= 4 is 0 Å². The van der Waals surface area contributed by atoms with Crippen molar-refractivity contribution in [1.29, 1.82) is 0 Å². The van der Waals surface area contributed by atoms with E-state index in [1.807, 2.05) is 45.0 Å². The Morgan fingerprint density at radius 2 is 1.76 bits per heavy atom. The SMILES string of the molecule is COc1ccc(CC(N)C(O)C(C)(C)C)cc1. The van der Waals surface area contributed by atoms with Crippen molar-refractivity contribution in [3.63, 3.8) is 0 Å². The summed E-state index contributed by atoms with van der Waals surface area (Å²) in [5, 5.41) is 10.1. The fourth-order valence-electron chi connectivity index (χ4n) is 1.79. The van der Waals surface area contributed by atoms with Gasteiger partial charge >= 0.3 is 0 Å². The van der Waals surface area contributed by atoms with Gasteiger partial charge in [0.1, 0.15) is 5.75 Å². The number of hydrogen-bond acceptors (Lipinski definition) is 3. The summed E-state index contributed by atoms with van der Waals surface area (Å²) in [5.74, 6) is 0.832. The first kappa shape index (κ1) is 14.0. The molecule has 3 heteroatoms. The zero-order chi connectivity index (χ0) is 13.1. The molecule has 0 saturated heterocycles. The zero-order valence-corrected chi connectivity index (χ0v) is 11.1. The Morgan fingerprint density at radius 3 is 2.18 bits per heavy atom. The molecule has 1 rings (SSSR count). The van der Waals surface area contributed by atoms with Crippen LogP contribution in [-0.2, 0) is 6.42 Å². The van der Waals surface area contributed by atoms with Crippen molar-refractivity contribution in [2.24, 2.45) is 11.1 Å². The summed E-state index contributed by atoms with van der Waals surface area (Å²) in [4.78, 5) is 0. The standard InChI is InChI=1S/C14H23NO2/c1-14(2,3)13(16)12(15)9-10-5-7-11(17-4)8-6-10/h5-8,12-13,16H,9,15H2,1-4H3. The highest BCUT2D eigenvalue weighted by Gasteiger charge is 2.27. The second kappa shape index (κ2) is 5.52. The Kier molecular flexibility index (Phi) is 4.54. The van der Waals surface area contributed by atoms with E-state index in [1.165, 1.54) is 0 Å². The predicted molar refractivity (Wildman–Crippen MR) is 70.1 cm³/mol.